The van der Waals surface area contributed by atoms with E-state index < -0.39 is 0 Å². The third-order valence-electron chi connectivity index (χ3n) is 5.12. The molecule has 0 spiro atoms. The van der Waals surface area contributed by atoms with Crippen LogP contribution in [0.3, 0.4) is 0 Å². The van der Waals surface area contributed by atoms with Crippen LogP contribution in [0.15, 0.2) is 53.7 Å². The van der Waals surface area contributed by atoms with Gasteiger partial charge in [0.1, 0.15) is 0 Å². The molecule has 0 bridgehead atoms. The predicted molar refractivity (Wildman–Crippen MR) is 141 cm³/mol. The van der Waals surface area contributed by atoms with Gasteiger partial charge in [-0.25, -0.2) is 4.99 Å². The van der Waals surface area contributed by atoms with Crippen LogP contribution in [0.5, 0.6) is 0 Å². The van der Waals surface area contributed by atoms with Crippen LogP contribution in [0.4, 0.5) is 0 Å². The van der Waals surface area contributed by atoms with Gasteiger partial charge in [-0.15, -0.1) is 24.0 Å². The number of aliphatic imine (C=N–C) groups is 1. The molecule has 2 N–H and O–H groups in total. The van der Waals surface area contributed by atoms with Crippen molar-refractivity contribution in [3.05, 3.63) is 54.2 Å². The summed E-state index contributed by atoms with van der Waals surface area (Å²) in [6.45, 7) is 11.4. The smallest absolute Gasteiger partial charge is 0.234 e. The number of nitrogens with zero attached hydrogens (tertiary/aromatic N) is 4. The highest BCUT2D eigenvalue weighted by Gasteiger charge is 2.21. The van der Waals surface area contributed by atoms with Crippen molar-refractivity contribution in [1.82, 2.24) is 25.4 Å². The number of nitrogens with one attached hydrogen (secondary N) is 2. The van der Waals surface area contributed by atoms with Gasteiger partial charge in [-0.3, -0.25) is 14.7 Å². The maximum Gasteiger partial charge on any atom is 0.234 e. The summed E-state index contributed by atoms with van der Waals surface area (Å²) in [5.41, 5.74) is 3.23. The molecular formula is C24H35IN6O. The molecule has 1 aliphatic rings. The van der Waals surface area contributed by atoms with Crippen molar-refractivity contribution in [2.45, 2.75) is 33.4 Å². The van der Waals surface area contributed by atoms with Crippen molar-refractivity contribution in [3.63, 3.8) is 0 Å². The number of hydrogen-bond acceptors (Lipinski definition) is 4. The number of aromatic nitrogens is 1. The molecule has 3 rings (SSSR count). The number of guanidine groups is 1. The highest BCUT2D eigenvalue weighted by molar-refractivity contribution is 14.0. The van der Waals surface area contributed by atoms with Gasteiger partial charge in [0.2, 0.25) is 5.91 Å². The Bertz CT molecular complexity index is 866. The molecule has 174 valence electrons. The van der Waals surface area contributed by atoms with E-state index in [1.165, 1.54) is 0 Å². The van der Waals surface area contributed by atoms with Crippen molar-refractivity contribution in [3.8, 4) is 11.3 Å². The molecule has 2 aromatic rings. The van der Waals surface area contributed by atoms with Crippen LogP contribution in [0.1, 0.15) is 26.3 Å². The predicted octanol–water partition coefficient (Wildman–Crippen LogP) is 2.97. The number of carbonyl (C=O) groups is 1. The van der Waals surface area contributed by atoms with Crippen LogP contribution in [0.25, 0.3) is 11.3 Å². The molecule has 0 radical (unpaired) electrons. The Morgan fingerprint density at radius 1 is 1.12 bits per heavy atom. The van der Waals surface area contributed by atoms with Gasteiger partial charge in [-0.2, -0.15) is 0 Å². The second-order valence-corrected chi connectivity index (χ2v) is 8.07. The van der Waals surface area contributed by atoms with Crippen molar-refractivity contribution in [2.24, 2.45) is 4.99 Å². The quantitative estimate of drug-likeness (QED) is 0.315. The maximum atomic E-state index is 12.0. The topological polar surface area (TPSA) is 72.9 Å². The van der Waals surface area contributed by atoms with E-state index in [2.05, 4.69) is 56.6 Å². The minimum Gasteiger partial charge on any atom is -0.357 e. The molecule has 0 atom stereocenters. The van der Waals surface area contributed by atoms with Crippen LogP contribution < -0.4 is 10.6 Å². The van der Waals surface area contributed by atoms with Gasteiger partial charge >= 0.3 is 0 Å². The Hall–Kier alpha value is -2.20. The van der Waals surface area contributed by atoms with Crippen molar-refractivity contribution < 1.29 is 4.79 Å². The van der Waals surface area contributed by atoms with E-state index in [9.17, 15) is 4.79 Å². The molecule has 32 heavy (non-hydrogen) atoms. The van der Waals surface area contributed by atoms with Crippen molar-refractivity contribution in [1.29, 1.82) is 0 Å². The summed E-state index contributed by atoms with van der Waals surface area (Å²) in [7, 11) is 0. The van der Waals surface area contributed by atoms with Gasteiger partial charge < -0.3 is 15.5 Å². The Morgan fingerprint density at radius 3 is 2.56 bits per heavy atom. The number of carbonyl (C=O) groups excluding carboxylic acids is 1. The number of halogens is 1. The summed E-state index contributed by atoms with van der Waals surface area (Å²) >= 11 is 0. The maximum absolute atomic E-state index is 12.0. The monoisotopic (exact) mass is 550 g/mol. The molecular weight excluding hydrogens is 515 g/mol. The van der Waals surface area contributed by atoms with E-state index in [-0.39, 0.29) is 35.9 Å². The second-order valence-electron chi connectivity index (χ2n) is 8.07. The van der Waals surface area contributed by atoms with Crippen molar-refractivity contribution in [2.75, 3.05) is 39.3 Å². The van der Waals surface area contributed by atoms with E-state index in [0.717, 1.165) is 55.5 Å². The van der Waals surface area contributed by atoms with Gasteiger partial charge in [-0.1, -0.05) is 24.3 Å². The highest BCUT2D eigenvalue weighted by atomic mass is 127. The molecule has 2 heterocycles. The third kappa shape index (κ3) is 8.05. The van der Waals surface area contributed by atoms with Crippen molar-refractivity contribution >= 4 is 35.8 Å². The Morgan fingerprint density at radius 2 is 1.91 bits per heavy atom. The van der Waals surface area contributed by atoms with Gasteiger partial charge in [0.25, 0.3) is 0 Å². The summed E-state index contributed by atoms with van der Waals surface area (Å²) in [4.78, 5) is 25.8. The zero-order valence-corrected chi connectivity index (χ0v) is 21.6. The SMILES string of the molecule is CCNC(=NCc1cccc(-c2ccccn2)c1)N1CCN(CC(=O)NC(C)C)CC1.I. The van der Waals surface area contributed by atoms with Crippen LogP contribution in [0, 0.1) is 0 Å². The molecule has 0 saturated carbocycles. The van der Waals surface area contributed by atoms with Crippen LogP contribution in [-0.4, -0.2) is 72.0 Å². The number of benzene rings is 1. The van der Waals surface area contributed by atoms with Crippen LogP contribution in [-0.2, 0) is 11.3 Å². The Kier molecular flexibility index (Phi) is 10.9. The number of pyridine rings is 1. The van der Waals surface area contributed by atoms with E-state index >= 15 is 0 Å². The molecule has 1 amide bonds. The standard InChI is InChI=1S/C24H34N6O.HI/c1-4-25-24(30-14-12-29(13-15-30)18-23(31)28-19(2)3)27-17-20-8-7-9-21(16-20)22-10-5-6-11-26-22;/h5-11,16,19H,4,12-15,17-18H2,1-3H3,(H,25,27)(H,28,31);1H. The van der Waals surface area contributed by atoms with Crippen LogP contribution >= 0.6 is 24.0 Å². The lowest BCUT2D eigenvalue weighted by atomic mass is 10.1. The van der Waals surface area contributed by atoms with Gasteiger partial charge in [0.05, 0.1) is 18.8 Å². The Labute approximate surface area is 208 Å². The average molecular weight is 550 g/mol. The van der Waals surface area contributed by atoms with Crippen LogP contribution in [0.2, 0.25) is 0 Å². The fraction of sp³-hybridized carbons (Fsp3) is 0.458. The zero-order valence-electron chi connectivity index (χ0n) is 19.3. The summed E-state index contributed by atoms with van der Waals surface area (Å²) in [6.07, 6.45) is 1.82. The summed E-state index contributed by atoms with van der Waals surface area (Å²) < 4.78 is 0. The molecule has 1 aliphatic heterocycles. The van der Waals surface area contributed by atoms with E-state index in [0.29, 0.717) is 13.1 Å². The van der Waals surface area contributed by atoms with E-state index in [1.807, 2.05) is 38.2 Å². The van der Waals surface area contributed by atoms with E-state index in [1.54, 1.807) is 0 Å². The lowest BCUT2D eigenvalue weighted by Gasteiger charge is -2.36. The minimum atomic E-state index is 0. The van der Waals surface area contributed by atoms with E-state index in [4.69, 9.17) is 4.99 Å². The van der Waals surface area contributed by atoms with Gasteiger partial charge in [-0.05, 0) is 44.5 Å². The molecule has 1 aromatic heterocycles. The first-order chi connectivity index (χ1) is 15.0. The van der Waals surface area contributed by atoms with Gasteiger partial charge in [0.15, 0.2) is 5.96 Å². The molecule has 8 heteroatoms. The Balaban J connectivity index is 0.00000363. The number of piperazine rings is 1. The lowest BCUT2D eigenvalue weighted by molar-refractivity contribution is -0.123. The second kappa shape index (κ2) is 13.4. The molecule has 1 aromatic carbocycles. The summed E-state index contributed by atoms with van der Waals surface area (Å²) in [5.74, 6) is 1.02. The summed E-state index contributed by atoms with van der Waals surface area (Å²) in [6, 6.07) is 14.5. The number of rotatable bonds is 7. The molecule has 1 saturated heterocycles. The molecule has 7 nitrogen and oxygen atoms in total. The first-order valence-electron chi connectivity index (χ1n) is 11.1. The highest BCUT2D eigenvalue weighted by Crippen LogP contribution is 2.18. The first kappa shape index (κ1) is 26.1. The summed E-state index contributed by atoms with van der Waals surface area (Å²) in [5, 5.41) is 6.38. The fourth-order valence-corrected chi connectivity index (χ4v) is 3.64. The molecule has 0 unspecified atom stereocenters. The number of hydrogen-bond donors (Lipinski definition) is 2. The molecule has 1 fully saturated rings. The fourth-order valence-electron chi connectivity index (χ4n) is 3.64. The lowest BCUT2D eigenvalue weighted by Crippen LogP contribution is -2.54. The van der Waals surface area contributed by atoms with Gasteiger partial charge in [0, 0.05) is 50.5 Å². The third-order valence-corrected chi connectivity index (χ3v) is 5.12. The first-order valence-corrected chi connectivity index (χ1v) is 11.1. The zero-order chi connectivity index (χ0) is 22.1. The molecule has 0 aliphatic carbocycles. The average Bonchev–Trinajstić information content (AvgIpc) is 2.77. The largest absolute Gasteiger partial charge is 0.357 e. The minimum absolute atomic E-state index is 0. The normalized spacial score (nSPS) is 14.8. The number of amides is 1.